The van der Waals surface area contributed by atoms with Crippen LogP contribution < -0.4 is 27.2 Å². The topological polar surface area (TPSA) is 156 Å². The summed E-state index contributed by atoms with van der Waals surface area (Å²) >= 11 is 0. The van der Waals surface area contributed by atoms with E-state index in [1.807, 2.05) is 30.3 Å². The molecule has 3 aliphatic rings. The molecule has 37 heavy (non-hydrogen) atoms. The fourth-order valence-electron chi connectivity index (χ4n) is 4.69. The van der Waals surface area contributed by atoms with Crippen LogP contribution in [0.2, 0.25) is 0 Å². The number of hydrazine groups is 1. The minimum atomic E-state index is -1.26. The van der Waals surface area contributed by atoms with Crippen molar-refractivity contribution in [2.24, 2.45) is 5.73 Å². The van der Waals surface area contributed by atoms with Gasteiger partial charge in [-0.3, -0.25) is 4.90 Å². The third-order valence-corrected chi connectivity index (χ3v) is 6.00. The molecule has 3 heterocycles. The second-order valence-electron chi connectivity index (χ2n) is 10.5. The molecule has 0 radical (unpaired) electrons. The van der Waals surface area contributed by atoms with E-state index in [0.717, 1.165) is 5.56 Å². The molecule has 3 aliphatic heterocycles. The highest BCUT2D eigenvalue weighted by molar-refractivity contribution is 5.86. The highest BCUT2D eigenvalue weighted by atomic mass is 16.6. The number of nitrogens with zero attached hydrogens (tertiary/aromatic N) is 1. The number of carbonyl (C=O) groups is 3. The van der Waals surface area contributed by atoms with Crippen molar-refractivity contribution >= 4 is 18.2 Å². The van der Waals surface area contributed by atoms with E-state index in [2.05, 4.69) is 21.5 Å². The van der Waals surface area contributed by atoms with Gasteiger partial charge in [-0.1, -0.05) is 30.3 Å². The normalized spacial score (nSPS) is 20.9. The largest absolute Gasteiger partial charge is 0.444 e. The summed E-state index contributed by atoms with van der Waals surface area (Å²) in [7, 11) is 0. The molecule has 200 valence electrons. The lowest BCUT2D eigenvalue weighted by atomic mass is 9.90. The van der Waals surface area contributed by atoms with E-state index in [4.69, 9.17) is 19.9 Å². The summed E-state index contributed by atoms with van der Waals surface area (Å²) in [6.07, 6.45) is -1.76. The Morgan fingerprint density at radius 3 is 2.46 bits per heavy atom. The summed E-state index contributed by atoms with van der Waals surface area (Å²) in [5.41, 5.74) is 13.0. The minimum Gasteiger partial charge on any atom is -0.444 e. The number of benzene rings is 1. The van der Waals surface area contributed by atoms with E-state index in [0.29, 0.717) is 35.7 Å². The zero-order valence-corrected chi connectivity index (χ0v) is 21.6. The highest BCUT2D eigenvalue weighted by Gasteiger charge is 2.53. The van der Waals surface area contributed by atoms with Crippen LogP contribution in [0, 0.1) is 0 Å². The van der Waals surface area contributed by atoms with E-state index in [-0.39, 0.29) is 12.6 Å². The maximum atomic E-state index is 13.2. The first-order chi connectivity index (χ1) is 17.4. The van der Waals surface area contributed by atoms with Crippen LogP contribution in [-0.4, -0.2) is 53.1 Å². The zero-order valence-electron chi connectivity index (χ0n) is 21.6. The molecule has 1 aromatic rings. The molecule has 0 spiro atoms. The van der Waals surface area contributed by atoms with Crippen LogP contribution >= 0.6 is 0 Å². The molecule has 2 atom stereocenters. The second kappa shape index (κ2) is 9.94. The van der Waals surface area contributed by atoms with Crippen molar-refractivity contribution in [2.75, 3.05) is 6.54 Å². The summed E-state index contributed by atoms with van der Waals surface area (Å²) < 4.78 is 16.9. The average Bonchev–Trinajstić information content (AvgIpc) is 3.29. The van der Waals surface area contributed by atoms with E-state index in [1.165, 1.54) is 4.90 Å². The van der Waals surface area contributed by atoms with E-state index >= 15 is 0 Å². The van der Waals surface area contributed by atoms with Crippen molar-refractivity contribution in [2.45, 2.75) is 71.1 Å². The lowest BCUT2D eigenvalue weighted by molar-refractivity contribution is 0.0450. The van der Waals surface area contributed by atoms with Crippen molar-refractivity contribution in [3.8, 4) is 0 Å². The molecule has 2 unspecified atom stereocenters. The van der Waals surface area contributed by atoms with E-state index in [1.54, 1.807) is 34.6 Å². The van der Waals surface area contributed by atoms with Gasteiger partial charge in [-0.25, -0.2) is 19.8 Å². The lowest BCUT2D eigenvalue weighted by Gasteiger charge is -2.39. The number of rotatable bonds is 8. The number of nitrogens with two attached hydrogens (primary N) is 1. The summed E-state index contributed by atoms with van der Waals surface area (Å²) in [6, 6.07) is 8.84. The molecular formula is C25H34N6O6. The van der Waals surface area contributed by atoms with Gasteiger partial charge in [-0.2, -0.15) is 0 Å². The van der Waals surface area contributed by atoms with Crippen LogP contribution in [0.4, 0.5) is 14.4 Å². The fourth-order valence-corrected chi connectivity index (χ4v) is 4.69. The molecule has 2 saturated heterocycles. The number of urea groups is 1. The Morgan fingerprint density at radius 2 is 1.81 bits per heavy atom. The van der Waals surface area contributed by atoms with Crippen molar-refractivity contribution in [3.05, 3.63) is 58.6 Å². The van der Waals surface area contributed by atoms with Crippen LogP contribution in [0.5, 0.6) is 0 Å². The van der Waals surface area contributed by atoms with Crippen molar-refractivity contribution in [1.29, 1.82) is 0 Å². The third kappa shape index (κ3) is 5.65. The predicted molar refractivity (Wildman–Crippen MR) is 133 cm³/mol. The van der Waals surface area contributed by atoms with Gasteiger partial charge in [0.15, 0.2) is 11.8 Å². The van der Waals surface area contributed by atoms with Gasteiger partial charge in [0.05, 0.1) is 29.7 Å². The second-order valence-corrected chi connectivity index (χ2v) is 10.5. The maximum Gasteiger partial charge on any atom is 0.407 e. The molecule has 2 fully saturated rings. The van der Waals surface area contributed by atoms with Gasteiger partial charge in [0.25, 0.3) is 0 Å². The van der Waals surface area contributed by atoms with Crippen molar-refractivity contribution in [1.82, 2.24) is 26.4 Å². The Kier molecular flexibility index (Phi) is 7.07. The first kappa shape index (κ1) is 26.3. The van der Waals surface area contributed by atoms with Crippen LogP contribution in [0.15, 0.2) is 53.0 Å². The van der Waals surface area contributed by atoms with Gasteiger partial charge < -0.3 is 36.0 Å². The number of hydrogen-bond acceptors (Lipinski definition) is 8. The van der Waals surface area contributed by atoms with Gasteiger partial charge in [0.1, 0.15) is 5.60 Å². The average molecular weight is 515 g/mol. The molecule has 0 aliphatic carbocycles. The van der Waals surface area contributed by atoms with Crippen LogP contribution in [0.1, 0.15) is 46.6 Å². The zero-order chi connectivity index (χ0) is 27.0. The number of amides is 4. The standard InChI is InChI=1S/C25H34N6O6/c1-24(2,3)37-23(34)27-12-11-15-17-16-18(29-30-20(16)35-13-14-9-7-6-8-10-14)19(31(15)22(33)28-17)25(4,5)36-21(26)32/h6-10,15,20,29-30H,11-13H2,1-5H3,(H2,26,32)(H,27,34)(H,28,33). The highest BCUT2D eigenvalue weighted by Crippen LogP contribution is 2.44. The summed E-state index contributed by atoms with van der Waals surface area (Å²) in [6.45, 7) is 9.22. The summed E-state index contributed by atoms with van der Waals surface area (Å²) in [5, 5.41) is 5.69. The first-order valence-corrected chi connectivity index (χ1v) is 12.1. The number of ether oxygens (including phenoxy) is 3. The Bertz CT molecular complexity index is 1140. The number of fused-ring (bicyclic) bond motifs is 3. The monoisotopic (exact) mass is 514 g/mol. The Labute approximate surface area is 215 Å². The summed E-state index contributed by atoms with van der Waals surface area (Å²) in [5.74, 6) is 0. The number of primary amides is 1. The quantitative estimate of drug-likeness (QED) is 0.354. The van der Waals surface area contributed by atoms with Gasteiger partial charge in [0.2, 0.25) is 0 Å². The minimum absolute atomic E-state index is 0.234. The maximum absolute atomic E-state index is 13.2. The molecule has 2 bridgehead atoms. The van der Waals surface area contributed by atoms with Gasteiger partial charge in [0, 0.05) is 12.1 Å². The van der Waals surface area contributed by atoms with Crippen molar-refractivity contribution in [3.63, 3.8) is 0 Å². The predicted octanol–water partition coefficient (Wildman–Crippen LogP) is 2.30. The number of hydrogen-bond donors (Lipinski definition) is 5. The Balaban J connectivity index is 1.63. The molecule has 6 N–H and O–H groups in total. The number of carbonyl (C=O) groups excluding carboxylic acids is 3. The number of nitrogens with one attached hydrogen (secondary N) is 4. The molecule has 1 aromatic carbocycles. The smallest absolute Gasteiger partial charge is 0.407 e. The Hall–Kier alpha value is -3.77. The van der Waals surface area contributed by atoms with Crippen LogP contribution in [0.3, 0.4) is 0 Å². The van der Waals surface area contributed by atoms with E-state index in [9.17, 15) is 14.4 Å². The van der Waals surface area contributed by atoms with Gasteiger partial charge in [-0.05, 0) is 46.6 Å². The van der Waals surface area contributed by atoms with Gasteiger partial charge >= 0.3 is 18.2 Å². The van der Waals surface area contributed by atoms with Gasteiger partial charge in [-0.15, -0.1) is 0 Å². The van der Waals surface area contributed by atoms with Crippen molar-refractivity contribution < 1.29 is 28.6 Å². The lowest BCUT2D eigenvalue weighted by Crippen LogP contribution is -2.48. The molecule has 0 aromatic heterocycles. The SMILES string of the molecule is CC(C)(C)OC(=O)NCCC1C2=C3C(=C(C(C)(C)OC(N)=O)N1C(=O)N2)NNC3OCc1ccccc1. The van der Waals surface area contributed by atoms with E-state index < -0.39 is 35.7 Å². The third-order valence-electron chi connectivity index (χ3n) is 6.00. The Morgan fingerprint density at radius 1 is 1.11 bits per heavy atom. The van der Waals surface area contributed by atoms with Crippen LogP contribution in [0.25, 0.3) is 0 Å². The first-order valence-electron chi connectivity index (χ1n) is 12.1. The fraction of sp³-hybridized carbons (Fsp3) is 0.480. The molecular weight excluding hydrogens is 480 g/mol. The summed E-state index contributed by atoms with van der Waals surface area (Å²) in [4.78, 5) is 38.6. The van der Waals surface area contributed by atoms with Crippen LogP contribution in [-0.2, 0) is 20.8 Å². The molecule has 4 amide bonds. The molecule has 12 nitrogen and oxygen atoms in total. The molecule has 4 rings (SSSR count). The molecule has 0 saturated carbocycles. The number of alkyl carbamates (subject to hydrolysis) is 1. The molecule has 12 heteroatoms.